The van der Waals surface area contributed by atoms with E-state index in [1.54, 1.807) is 0 Å². The first-order valence-corrected chi connectivity index (χ1v) is 7.71. The topological polar surface area (TPSA) is 99.2 Å². The number of non-ortho nitro benzene ring substituents is 1. The number of rotatable bonds is 4. The van der Waals surface area contributed by atoms with Crippen molar-refractivity contribution in [3.8, 4) is 11.3 Å². The average Bonchev–Trinajstić information content (AvgIpc) is 2.65. The zero-order valence-corrected chi connectivity index (χ0v) is 14.0. The zero-order chi connectivity index (χ0) is 21.6. The maximum Gasteiger partial charge on any atom is 0.459 e. The third-order valence-electron chi connectivity index (χ3n) is 4.06. The number of fused-ring (bicyclic) bond motifs is 1. The lowest BCUT2D eigenvalue weighted by Gasteiger charge is -2.20. The molecule has 0 unspecified atom stereocenters. The minimum Gasteiger partial charge on any atom is -0.258 e. The molecule has 29 heavy (non-hydrogen) atoms. The van der Waals surface area contributed by atoms with Crippen LogP contribution >= 0.6 is 0 Å². The third-order valence-corrected chi connectivity index (χ3v) is 4.06. The molecule has 2 aromatic carbocycles. The highest BCUT2D eigenvalue weighted by atomic mass is 19.4. The van der Waals surface area contributed by atoms with E-state index in [0.29, 0.717) is 12.1 Å². The number of hydrogen-bond donors (Lipinski definition) is 0. The van der Waals surface area contributed by atoms with Crippen molar-refractivity contribution < 1.29 is 31.8 Å². The van der Waals surface area contributed by atoms with E-state index >= 15 is 0 Å². The maximum atomic E-state index is 13.9. The molecule has 0 radical (unpaired) electrons. The summed E-state index contributed by atoms with van der Waals surface area (Å²) in [5.74, 6) is -5.32. The van der Waals surface area contributed by atoms with Gasteiger partial charge in [-0.25, -0.2) is 4.98 Å². The summed E-state index contributed by atoms with van der Waals surface area (Å²) >= 11 is 0. The highest BCUT2D eigenvalue weighted by Gasteiger charge is 2.60. The zero-order valence-electron chi connectivity index (χ0n) is 14.0. The SMILES string of the molecule is O=[N+]([O-])c1ccc(-c2nc(C(F)(F)C(F)(F)F)cc3ccccc23)c([N+](=O)[O-])c1. The van der Waals surface area contributed by atoms with E-state index in [0.717, 1.165) is 12.1 Å². The Kier molecular flexibility index (Phi) is 4.65. The monoisotopic (exact) mass is 413 g/mol. The lowest BCUT2D eigenvalue weighted by atomic mass is 10.00. The number of hydrogen-bond acceptors (Lipinski definition) is 5. The summed E-state index contributed by atoms with van der Waals surface area (Å²) in [5, 5.41) is 22.2. The molecular weight excluding hydrogens is 405 g/mol. The van der Waals surface area contributed by atoms with Crippen LogP contribution in [-0.4, -0.2) is 21.0 Å². The van der Waals surface area contributed by atoms with Gasteiger partial charge in [-0.2, -0.15) is 22.0 Å². The van der Waals surface area contributed by atoms with Crippen molar-refractivity contribution in [1.82, 2.24) is 4.98 Å². The van der Waals surface area contributed by atoms with Gasteiger partial charge in [0.2, 0.25) is 0 Å². The lowest BCUT2D eigenvalue weighted by molar-refractivity contribution is -0.393. The summed E-state index contributed by atoms with van der Waals surface area (Å²) in [4.78, 5) is 23.7. The molecule has 0 aliphatic rings. The fraction of sp³-hybridized carbons (Fsp3) is 0.118. The second-order valence-corrected chi connectivity index (χ2v) is 5.87. The van der Waals surface area contributed by atoms with E-state index in [2.05, 4.69) is 4.98 Å². The van der Waals surface area contributed by atoms with Crippen LogP contribution in [-0.2, 0) is 5.92 Å². The van der Waals surface area contributed by atoms with Crippen LogP contribution in [0.4, 0.5) is 33.3 Å². The van der Waals surface area contributed by atoms with Gasteiger partial charge in [-0.05, 0) is 17.5 Å². The molecule has 1 aromatic heterocycles. The molecule has 0 saturated heterocycles. The van der Waals surface area contributed by atoms with Crippen LogP contribution in [0.15, 0.2) is 48.5 Å². The van der Waals surface area contributed by atoms with Gasteiger partial charge in [0.15, 0.2) is 0 Å². The Morgan fingerprint density at radius 2 is 1.52 bits per heavy atom. The van der Waals surface area contributed by atoms with Gasteiger partial charge >= 0.3 is 12.1 Å². The molecular formula is C17H8F5N3O4. The predicted molar refractivity (Wildman–Crippen MR) is 90.4 cm³/mol. The highest BCUT2D eigenvalue weighted by molar-refractivity contribution is 5.97. The Hall–Kier alpha value is -3.70. The Morgan fingerprint density at radius 3 is 2.10 bits per heavy atom. The number of aromatic nitrogens is 1. The third kappa shape index (κ3) is 3.44. The van der Waals surface area contributed by atoms with Gasteiger partial charge < -0.3 is 0 Å². The predicted octanol–water partition coefficient (Wildman–Crippen LogP) is 5.37. The first-order valence-electron chi connectivity index (χ1n) is 7.71. The summed E-state index contributed by atoms with van der Waals surface area (Å²) in [7, 11) is 0. The lowest BCUT2D eigenvalue weighted by Crippen LogP contribution is -2.34. The molecule has 3 aromatic rings. The number of nitro benzene ring substituents is 2. The van der Waals surface area contributed by atoms with Crippen molar-refractivity contribution in [3.63, 3.8) is 0 Å². The minimum absolute atomic E-state index is 0.0613. The summed E-state index contributed by atoms with van der Waals surface area (Å²) < 4.78 is 66.3. The fourth-order valence-electron chi connectivity index (χ4n) is 2.70. The van der Waals surface area contributed by atoms with E-state index in [1.165, 1.54) is 24.3 Å². The maximum absolute atomic E-state index is 13.9. The normalized spacial score (nSPS) is 12.2. The van der Waals surface area contributed by atoms with Crippen LogP contribution in [0, 0.1) is 20.2 Å². The molecule has 7 nitrogen and oxygen atoms in total. The van der Waals surface area contributed by atoms with Crippen LogP contribution in [0.3, 0.4) is 0 Å². The van der Waals surface area contributed by atoms with Gasteiger partial charge in [0.1, 0.15) is 5.69 Å². The molecule has 12 heteroatoms. The summed E-state index contributed by atoms with van der Waals surface area (Å²) in [6, 6.07) is 8.28. The van der Waals surface area contributed by atoms with Crippen LogP contribution in [0.5, 0.6) is 0 Å². The summed E-state index contributed by atoms with van der Waals surface area (Å²) in [6.07, 6.45) is -5.94. The first-order chi connectivity index (χ1) is 13.4. The molecule has 0 aliphatic carbocycles. The molecule has 0 N–H and O–H groups in total. The van der Waals surface area contributed by atoms with Crippen LogP contribution in [0.2, 0.25) is 0 Å². The quantitative estimate of drug-likeness (QED) is 0.325. The number of benzene rings is 2. The molecule has 3 rings (SSSR count). The summed E-state index contributed by atoms with van der Waals surface area (Å²) in [5.41, 5.74) is -4.11. The van der Waals surface area contributed by atoms with Crippen molar-refractivity contribution in [2.45, 2.75) is 12.1 Å². The molecule has 0 amide bonds. The van der Waals surface area contributed by atoms with Crippen LogP contribution in [0.1, 0.15) is 5.69 Å². The number of nitrogens with zero attached hydrogens (tertiary/aromatic N) is 3. The second-order valence-electron chi connectivity index (χ2n) is 5.87. The Labute approximate surface area is 157 Å². The average molecular weight is 413 g/mol. The second kappa shape index (κ2) is 6.72. The first kappa shape index (κ1) is 20.0. The van der Waals surface area contributed by atoms with Crippen molar-refractivity contribution in [2.75, 3.05) is 0 Å². The van der Waals surface area contributed by atoms with Crippen LogP contribution in [0.25, 0.3) is 22.0 Å². The number of halogens is 5. The smallest absolute Gasteiger partial charge is 0.258 e. The fourth-order valence-corrected chi connectivity index (χ4v) is 2.70. The van der Waals surface area contributed by atoms with Gasteiger partial charge in [-0.3, -0.25) is 20.2 Å². The van der Waals surface area contributed by atoms with Gasteiger partial charge in [0.25, 0.3) is 11.4 Å². The Bertz CT molecular complexity index is 1150. The van der Waals surface area contributed by atoms with Crippen molar-refractivity contribution in [3.05, 3.63) is 74.5 Å². The van der Waals surface area contributed by atoms with Gasteiger partial charge in [-0.1, -0.05) is 24.3 Å². The number of alkyl halides is 5. The van der Waals surface area contributed by atoms with E-state index in [-0.39, 0.29) is 10.8 Å². The van der Waals surface area contributed by atoms with Gasteiger partial charge in [-0.15, -0.1) is 0 Å². The molecule has 0 fully saturated rings. The van der Waals surface area contributed by atoms with Crippen LogP contribution < -0.4 is 0 Å². The van der Waals surface area contributed by atoms with Gasteiger partial charge in [0, 0.05) is 11.5 Å². The van der Waals surface area contributed by atoms with E-state index in [4.69, 9.17) is 0 Å². The van der Waals surface area contributed by atoms with E-state index in [9.17, 15) is 42.2 Å². The van der Waals surface area contributed by atoms with Crippen molar-refractivity contribution in [1.29, 1.82) is 0 Å². The molecule has 0 spiro atoms. The standard InChI is InChI=1S/C17H8F5N3O4/c18-16(19,17(20,21)22)14-7-9-3-1-2-4-11(9)15(23-14)12-6-5-10(24(26)27)8-13(12)25(28)29/h1-8H. The minimum atomic E-state index is -5.94. The molecule has 1 heterocycles. The molecule has 0 bridgehead atoms. The Balaban J connectivity index is 2.38. The Morgan fingerprint density at radius 1 is 0.862 bits per heavy atom. The van der Waals surface area contributed by atoms with Crippen molar-refractivity contribution in [2.24, 2.45) is 0 Å². The molecule has 150 valence electrons. The largest absolute Gasteiger partial charge is 0.459 e. The van der Waals surface area contributed by atoms with Gasteiger partial charge in [0.05, 0.1) is 27.2 Å². The number of pyridine rings is 1. The van der Waals surface area contributed by atoms with E-state index in [1.807, 2.05) is 0 Å². The highest BCUT2D eigenvalue weighted by Crippen LogP contribution is 2.45. The molecule has 0 saturated carbocycles. The van der Waals surface area contributed by atoms with Crippen molar-refractivity contribution >= 4 is 22.1 Å². The molecule has 0 atom stereocenters. The number of nitro groups is 2. The van der Waals surface area contributed by atoms with E-state index < -0.39 is 50.3 Å². The molecule has 0 aliphatic heterocycles. The summed E-state index contributed by atoms with van der Waals surface area (Å²) in [6.45, 7) is 0.